The average Bonchev–Trinajstić information content (AvgIpc) is 2.47. The zero-order chi connectivity index (χ0) is 15.8. The van der Waals surface area contributed by atoms with Crippen LogP contribution in [-0.4, -0.2) is 49.9 Å². The summed E-state index contributed by atoms with van der Waals surface area (Å²) in [4.78, 5) is 34.8. The molecular formula is C13H20O7. The summed E-state index contributed by atoms with van der Waals surface area (Å²) in [6.45, 7) is 1.85. The monoisotopic (exact) mass is 288 g/mol. The van der Waals surface area contributed by atoms with E-state index >= 15 is 0 Å². The van der Waals surface area contributed by atoms with Gasteiger partial charge >= 0.3 is 17.9 Å². The highest BCUT2D eigenvalue weighted by Crippen LogP contribution is 2.26. The van der Waals surface area contributed by atoms with Crippen LogP contribution in [0.3, 0.4) is 0 Å². The average molecular weight is 288 g/mol. The number of ether oxygens (including phenoxy) is 3. The van der Waals surface area contributed by atoms with Gasteiger partial charge in [0.25, 0.3) is 0 Å². The van der Waals surface area contributed by atoms with E-state index in [4.69, 9.17) is 0 Å². The lowest BCUT2D eigenvalue weighted by atomic mass is 9.87. The van der Waals surface area contributed by atoms with Crippen molar-refractivity contribution < 1.29 is 33.7 Å². The topological polar surface area (TPSA) is 99.1 Å². The molecule has 0 aromatic rings. The summed E-state index contributed by atoms with van der Waals surface area (Å²) in [5, 5.41) is 10.5. The predicted molar refractivity (Wildman–Crippen MR) is 68.6 cm³/mol. The Labute approximate surface area is 117 Å². The van der Waals surface area contributed by atoms with Crippen LogP contribution in [0.5, 0.6) is 0 Å². The maximum absolute atomic E-state index is 11.8. The van der Waals surface area contributed by atoms with Crippen LogP contribution < -0.4 is 0 Å². The first-order valence-corrected chi connectivity index (χ1v) is 6.06. The summed E-state index contributed by atoms with van der Waals surface area (Å²) in [5.41, 5.74) is -2.75. The molecule has 0 saturated heterocycles. The second-order valence-electron chi connectivity index (χ2n) is 4.03. The summed E-state index contributed by atoms with van der Waals surface area (Å²) in [6, 6.07) is 0. The molecule has 0 saturated carbocycles. The molecule has 0 fully saturated rings. The number of carbonyl (C=O) groups is 3. The number of hydrogen-bond donors (Lipinski definition) is 1. The fourth-order valence-electron chi connectivity index (χ4n) is 1.58. The number of aliphatic hydroxyl groups is 1. The van der Waals surface area contributed by atoms with Crippen LogP contribution in [0.15, 0.2) is 11.6 Å². The van der Waals surface area contributed by atoms with Gasteiger partial charge in [0.2, 0.25) is 0 Å². The highest BCUT2D eigenvalue weighted by Gasteiger charge is 2.45. The van der Waals surface area contributed by atoms with E-state index in [1.807, 2.05) is 6.92 Å². The molecule has 20 heavy (non-hydrogen) atoms. The van der Waals surface area contributed by atoms with Crippen molar-refractivity contribution in [2.45, 2.75) is 31.8 Å². The second-order valence-corrected chi connectivity index (χ2v) is 4.03. The lowest BCUT2D eigenvalue weighted by Crippen LogP contribution is -2.45. The molecule has 0 aromatic heterocycles. The molecule has 0 heterocycles. The minimum absolute atomic E-state index is 0.0753. The summed E-state index contributed by atoms with van der Waals surface area (Å²) in [5.74, 6) is -2.92. The van der Waals surface area contributed by atoms with E-state index in [9.17, 15) is 19.5 Å². The van der Waals surface area contributed by atoms with Gasteiger partial charge in [0.15, 0.2) is 5.60 Å². The zero-order valence-electron chi connectivity index (χ0n) is 12.1. The standard InChI is InChI=1S/C13H20O7/c1-5-6-7-13(17,12(16)20-4)9(11(15)19-3)8-10(14)18-2/h8,17H,5-7H2,1-4H3/t13-/m1/s1. The van der Waals surface area contributed by atoms with Gasteiger partial charge in [0.1, 0.15) is 0 Å². The third-order valence-corrected chi connectivity index (χ3v) is 2.73. The van der Waals surface area contributed by atoms with Gasteiger partial charge in [-0.25, -0.2) is 14.4 Å². The van der Waals surface area contributed by atoms with E-state index in [0.717, 1.165) is 27.4 Å². The van der Waals surface area contributed by atoms with Crippen molar-refractivity contribution in [2.75, 3.05) is 21.3 Å². The summed E-state index contributed by atoms with van der Waals surface area (Å²) >= 11 is 0. The number of hydrogen-bond acceptors (Lipinski definition) is 7. The first kappa shape index (κ1) is 18.1. The smallest absolute Gasteiger partial charge is 0.342 e. The largest absolute Gasteiger partial charge is 0.467 e. The zero-order valence-corrected chi connectivity index (χ0v) is 12.1. The Morgan fingerprint density at radius 2 is 1.70 bits per heavy atom. The van der Waals surface area contributed by atoms with Crippen LogP contribution in [-0.2, 0) is 28.6 Å². The van der Waals surface area contributed by atoms with Crippen LogP contribution >= 0.6 is 0 Å². The molecule has 7 heteroatoms. The summed E-state index contributed by atoms with van der Waals surface area (Å²) in [6.07, 6.45) is 1.78. The van der Waals surface area contributed by atoms with E-state index in [-0.39, 0.29) is 6.42 Å². The minimum Gasteiger partial charge on any atom is -0.467 e. The number of unbranched alkanes of at least 4 members (excludes halogenated alkanes) is 1. The first-order chi connectivity index (χ1) is 9.37. The molecule has 0 bridgehead atoms. The van der Waals surface area contributed by atoms with Gasteiger partial charge in [0.05, 0.1) is 26.9 Å². The quantitative estimate of drug-likeness (QED) is 0.410. The van der Waals surface area contributed by atoms with Gasteiger partial charge in [-0.2, -0.15) is 0 Å². The normalized spacial score (nSPS) is 14.2. The van der Waals surface area contributed by atoms with Gasteiger partial charge in [-0.3, -0.25) is 0 Å². The minimum atomic E-state index is -2.24. The van der Waals surface area contributed by atoms with Crippen molar-refractivity contribution in [3.05, 3.63) is 11.6 Å². The fourth-order valence-corrected chi connectivity index (χ4v) is 1.58. The predicted octanol–water partition coefficient (Wildman–Crippen LogP) is 0.353. The SMILES string of the molecule is CCCC[C@](O)(C(=O)OC)C(=CC(=O)OC)C(=O)OC. The summed E-state index contributed by atoms with van der Waals surface area (Å²) in [7, 11) is 3.26. The Bertz CT molecular complexity index is 400. The highest BCUT2D eigenvalue weighted by molar-refractivity contribution is 6.04. The van der Waals surface area contributed by atoms with Gasteiger partial charge in [-0.1, -0.05) is 13.3 Å². The van der Waals surface area contributed by atoms with Crippen molar-refractivity contribution >= 4 is 17.9 Å². The molecule has 114 valence electrons. The van der Waals surface area contributed by atoms with Crippen molar-refractivity contribution in [2.24, 2.45) is 0 Å². The number of methoxy groups -OCH3 is 3. The number of rotatable bonds is 7. The molecular weight excluding hydrogens is 268 g/mol. The van der Waals surface area contributed by atoms with E-state index in [0.29, 0.717) is 12.8 Å². The Morgan fingerprint density at radius 1 is 1.10 bits per heavy atom. The molecule has 0 aromatic carbocycles. The molecule has 0 radical (unpaired) electrons. The van der Waals surface area contributed by atoms with Crippen molar-refractivity contribution in [3.63, 3.8) is 0 Å². The Balaban J connectivity index is 5.74. The molecule has 7 nitrogen and oxygen atoms in total. The Kier molecular flexibility index (Phi) is 7.53. The molecule has 0 aliphatic rings. The van der Waals surface area contributed by atoms with E-state index in [1.54, 1.807) is 0 Å². The molecule has 0 spiro atoms. The lowest BCUT2D eigenvalue weighted by Gasteiger charge is -2.26. The van der Waals surface area contributed by atoms with Crippen molar-refractivity contribution in [1.29, 1.82) is 0 Å². The van der Waals surface area contributed by atoms with Crippen molar-refractivity contribution in [1.82, 2.24) is 0 Å². The van der Waals surface area contributed by atoms with Crippen LogP contribution in [0.25, 0.3) is 0 Å². The third kappa shape index (κ3) is 4.34. The maximum atomic E-state index is 11.8. The van der Waals surface area contributed by atoms with Crippen LogP contribution in [0.2, 0.25) is 0 Å². The van der Waals surface area contributed by atoms with E-state index in [2.05, 4.69) is 14.2 Å². The molecule has 0 aliphatic carbocycles. The van der Waals surface area contributed by atoms with Gasteiger partial charge in [0, 0.05) is 6.08 Å². The summed E-state index contributed by atoms with van der Waals surface area (Å²) < 4.78 is 13.4. The van der Waals surface area contributed by atoms with Gasteiger partial charge in [-0.05, 0) is 12.8 Å². The maximum Gasteiger partial charge on any atom is 0.342 e. The molecule has 1 N–H and O–H groups in total. The van der Waals surface area contributed by atoms with Crippen LogP contribution in [0.4, 0.5) is 0 Å². The molecule has 0 amide bonds. The van der Waals surface area contributed by atoms with Crippen LogP contribution in [0, 0.1) is 0 Å². The van der Waals surface area contributed by atoms with Crippen molar-refractivity contribution in [3.8, 4) is 0 Å². The Hall–Kier alpha value is -1.89. The van der Waals surface area contributed by atoms with E-state index < -0.39 is 29.1 Å². The number of esters is 3. The highest BCUT2D eigenvalue weighted by atomic mass is 16.5. The molecule has 0 rings (SSSR count). The van der Waals surface area contributed by atoms with Crippen LogP contribution in [0.1, 0.15) is 26.2 Å². The first-order valence-electron chi connectivity index (χ1n) is 6.06. The lowest BCUT2D eigenvalue weighted by molar-refractivity contribution is -0.162. The fraction of sp³-hybridized carbons (Fsp3) is 0.615. The second kappa shape index (κ2) is 8.31. The van der Waals surface area contributed by atoms with Gasteiger partial charge in [-0.15, -0.1) is 0 Å². The third-order valence-electron chi connectivity index (χ3n) is 2.73. The molecule has 0 aliphatic heterocycles. The number of carbonyl (C=O) groups excluding carboxylic acids is 3. The Morgan fingerprint density at radius 3 is 2.10 bits per heavy atom. The van der Waals surface area contributed by atoms with Gasteiger partial charge < -0.3 is 19.3 Å². The molecule has 0 unspecified atom stereocenters. The molecule has 1 atom stereocenters. The van der Waals surface area contributed by atoms with E-state index in [1.165, 1.54) is 0 Å².